The molecule has 0 aliphatic rings. The molecule has 7 nitrogen and oxygen atoms in total. The van der Waals surface area contributed by atoms with Gasteiger partial charge in [0.1, 0.15) is 5.82 Å². The summed E-state index contributed by atoms with van der Waals surface area (Å²) in [6.45, 7) is 5.45. The molecule has 168 valence electrons. The van der Waals surface area contributed by atoms with E-state index in [9.17, 15) is 9.59 Å². The number of nitrogens with zero attached hydrogens (tertiary/aromatic N) is 3. The summed E-state index contributed by atoms with van der Waals surface area (Å²) in [7, 11) is 1.28. The second kappa shape index (κ2) is 10.1. The summed E-state index contributed by atoms with van der Waals surface area (Å²) in [6.07, 6.45) is 0.687. The van der Waals surface area contributed by atoms with Gasteiger partial charge in [0.25, 0.3) is 5.56 Å². The molecule has 0 fully saturated rings. The molecule has 2 aromatic carbocycles. The van der Waals surface area contributed by atoms with E-state index in [0.29, 0.717) is 32.5 Å². The van der Waals surface area contributed by atoms with Crippen LogP contribution in [0.1, 0.15) is 38.1 Å². The largest absolute Gasteiger partial charge is 0.476 e. The van der Waals surface area contributed by atoms with E-state index < -0.39 is 12.1 Å². The van der Waals surface area contributed by atoms with Crippen molar-refractivity contribution in [2.24, 2.45) is 5.10 Å². The molecule has 3 aromatic rings. The van der Waals surface area contributed by atoms with Crippen molar-refractivity contribution < 1.29 is 14.3 Å². The van der Waals surface area contributed by atoms with Crippen LogP contribution >= 0.6 is 43.5 Å². The predicted molar refractivity (Wildman–Crippen MR) is 132 cm³/mol. The fourth-order valence-electron chi connectivity index (χ4n) is 2.93. The first-order chi connectivity index (χ1) is 15.1. The molecule has 3 rings (SSSR count). The third kappa shape index (κ3) is 5.22. The van der Waals surface area contributed by atoms with E-state index in [1.165, 1.54) is 18.0 Å². The van der Waals surface area contributed by atoms with E-state index in [1.54, 1.807) is 31.2 Å². The zero-order chi connectivity index (χ0) is 23.6. The van der Waals surface area contributed by atoms with Gasteiger partial charge in [0.15, 0.2) is 11.9 Å². The summed E-state index contributed by atoms with van der Waals surface area (Å²) in [6, 6.07) is 8.71. The Bertz CT molecular complexity index is 1250. The number of rotatable bonds is 6. The Balaban J connectivity index is 2.02. The smallest absolute Gasteiger partial charge is 0.346 e. The lowest BCUT2D eigenvalue weighted by Crippen LogP contribution is -2.25. The highest BCUT2D eigenvalue weighted by atomic mass is 79.9. The third-order valence-electron chi connectivity index (χ3n) is 4.52. The number of carbonyl (C=O) groups is 1. The zero-order valence-electron chi connectivity index (χ0n) is 17.7. The van der Waals surface area contributed by atoms with Gasteiger partial charge < -0.3 is 9.47 Å². The Kier molecular flexibility index (Phi) is 7.74. The van der Waals surface area contributed by atoms with Gasteiger partial charge in [0.2, 0.25) is 0 Å². The molecule has 0 N–H and O–H groups in total. The maximum atomic E-state index is 13.1. The molecule has 1 aromatic heterocycles. The van der Waals surface area contributed by atoms with Crippen LogP contribution < -0.4 is 10.3 Å². The zero-order valence-corrected chi connectivity index (χ0v) is 21.7. The third-order valence-corrected chi connectivity index (χ3v) is 5.88. The van der Waals surface area contributed by atoms with Crippen LogP contribution in [-0.2, 0) is 9.53 Å². The van der Waals surface area contributed by atoms with Gasteiger partial charge in [-0.25, -0.2) is 9.78 Å². The van der Waals surface area contributed by atoms with Crippen LogP contribution in [0, 0.1) is 0 Å². The normalized spacial score (nSPS) is 12.5. The number of methoxy groups -OCH3 is 1. The molecule has 10 heteroatoms. The maximum absolute atomic E-state index is 13.1. The average molecular weight is 586 g/mol. The number of benzene rings is 2. The summed E-state index contributed by atoms with van der Waals surface area (Å²) >= 11 is 13.2. The van der Waals surface area contributed by atoms with E-state index in [-0.39, 0.29) is 16.5 Å². The monoisotopic (exact) mass is 583 g/mol. The van der Waals surface area contributed by atoms with Gasteiger partial charge in [-0.1, -0.05) is 41.4 Å². The number of ether oxygens (including phenoxy) is 2. The van der Waals surface area contributed by atoms with Crippen LogP contribution in [0.2, 0.25) is 5.02 Å². The predicted octanol–water partition coefficient (Wildman–Crippen LogP) is 5.52. The summed E-state index contributed by atoms with van der Waals surface area (Å²) in [5.74, 6) is 0.297. The minimum absolute atomic E-state index is 0.0289. The lowest BCUT2D eigenvalue weighted by molar-refractivity contribution is -0.147. The lowest BCUT2D eigenvalue weighted by atomic mass is 10.2. The second-order valence-electron chi connectivity index (χ2n) is 7.24. The molecule has 0 aliphatic carbocycles. The van der Waals surface area contributed by atoms with E-state index >= 15 is 0 Å². The highest BCUT2D eigenvalue weighted by Crippen LogP contribution is 2.35. The van der Waals surface area contributed by atoms with Crippen molar-refractivity contribution in [2.45, 2.75) is 32.8 Å². The number of hydrogen-bond donors (Lipinski definition) is 0. The highest BCUT2D eigenvalue weighted by molar-refractivity contribution is 9.10. The molecule has 0 amide bonds. The fraction of sp³-hybridized carbons (Fsp3) is 0.273. The Hall–Kier alpha value is -2.23. The van der Waals surface area contributed by atoms with Gasteiger partial charge in [0.05, 0.1) is 33.7 Å². The van der Waals surface area contributed by atoms with Crippen molar-refractivity contribution in [1.82, 2.24) is 9.66 Å². The van der Waals surface area contributed by atoms with Crippen molar-refractivity contribution in [3.63, 3.8) is 0 Å². The van der Waals surface area contributed by atoms with Crippen LogP contribution in [-0.4, -0.2) is 35.1 Å². The van der Waals surface area contributed by atoms with Crippen molar-refractivity contribution in [3.05, 3.63) is 66.0 Å². The molecule has 1 heterocycles. The topological polar surface area (TPSA) is 82.8 Å². The van der Waals surface area contributed by atoms with Crippen LogP contribution in [0.4, 0.5) is 0 Å². The van der Waals surface area contributed by atoms with Crippen LogP contribution in [0.5, 0.6) is 5.75 Å². The van der Waals surface area contributed by atoms with Crippen molar-refractivity contribution in [1.29, 1.82) is 0 Å². The molecule has 32 heavy (non-hydrogen) atoms. The van der Waals surface area contributed by atoms with Crippen molar-refractivity contribution in [2.75, 3.05) is 7.11 Å². The van der Waals surface area contributed by atoms with Gasteiger partial charge in [-0.3, -0.25) is 4.79 Å². The molecular formula is C22H20Br2ClN3O4. The van der Waals surface area contributed by atoms with Gasteiger partial charge in [-0.05, 0) is 58.7 Å². The van der Waals surface area contributed by atoms with Crippen LogP contribution in [0.25, 0.3) is 10.9 Å². The number of aromatic nitrogens is 2. The summed E-state index contributed by atoms with van der Waals surface area (Å²) < 4.78 is 12.9. The van der Waals surface area contributed by atoms with E-state index in [1.807, 2.05) is 19.9 Å². The Morgan fingerprint density at radius 1 is 1.22 bits per heavy atom. The lowest BCUT2D eigenvalue weighted by Gasteiger charge is -2.15. The first kappa shape index (κ1) is 24.4. The van der Waals surface area contributed by atoms with E-state index in [4.69, 9.17) is 16.3 Å². The quantitative estimate of drug-likeness (QED) is 0.281. The van der Waals surface area contributed by atoms with Gasteiger partial charge in [-0.15, -0.1) is 0 Å². The SMILES string of the molecule is COC(=O)[C@@H](C)Oc1c(Cl)cc(C=Nn2c(C(C)C)nc3ccc(Br)cc3c2=O)cc1Br. The molecule has 0 aliphatic heterocycles. The molecule has 0 saturated heterocycles. The van der Waals surface area contributed by atoms with E-state index in [0.717, 1.165) is 4.47 Å². The van der Waals surface area contributed by atoms with Crippen molar-refractivity contribution >= 4 is 66.5 Å². The number of fused-ring (bicyclic) bond motifs is 1. The van der Waals surface area contributed by atoms with Crippen LogP contribution in [0.15, 0.2) is 49.2 Å². The second-order valence-corrected chi connectivity index (χ2v) is 9.42. The molecule has 0 saturated carbocycles. The average Bonchev–Trinajstić information content (AvgIpc) is 2.74. The minimum Gasteiger partial charge on any atom is -0.476 e. The minimum atomic E-state index is -0.830. The Morgan fingerprint density at radius 2 is 1.94 bits per heavy atom. The van der Waals surface area contributed by atoms with E-state index in [2.05, 4.69) is 46.7 Å². The molecule has 0 unspecified atom stereocenters. The van der Waals surface area contributed by atoms with Gasteiger partial charge in [0, 0.05) is 10.4 Å². The van der Waals surface area contributed by atoms with Crippen molar-refractivity contribution in [3.8, 4) is 5.75 Å². The highest BCUT2D eigenvalue weighted by Gasteiger charge is 2.19. The summed E-state index contributed by atoms with van der Waals surface area (Å²) in [4.78, 5) is 29.4. The molecule has 0 spiro atoms. The molecular weight excluding hydrogens is 566 g/mol. The van der Waals surface area contributed by atoms with Gasteiger partial charge >= 0.3 is 5.97 Å². The first-order valence-corrected chi connectivity index (χ1v) is 11.6. The summed E-state index contributed by atoms with van der Waals surface area (Å²) in [5.41, 5.74) is 0.963. The molecule has 0 bridgehead atoms. The number of esters is 1. The molecule has 0 radical (unpaired) electrons. The maximum Gasteiger partial charge on any atom is 0.346 e. The number of hydrogen-bond acceptors (Lipinski definition) is 6. The number of carbonyl (C=O) groups excluding carboxylic acids is 1. The molecule has 1 atom stereocenters. The standard InChI is InChI=1S/C22H20Br2ClN3O4/c1-11(2)20-27-18-6-5-14(23)9-15(18)21(29)28(20)26-10-13-7-16(24)19(17(25)8-13)32-12(3)22(30)31-4/h5-12H,1-4H3/t12-/m1/s1. The first-order valence-electron chi connectivity index (χ1n) is 9.62. The summed E-state index contributed by atoms with van der Waals surface area (Å²) in [5, 5.41) is 5.13. The number of halogens is 3. The van der Waals surface area contributed by atoms with Gasteiger partial charge in [-0.2, -0.15) is 9.78 Å². The van der Waals surface area contributed by atoms with Crippen LogP contribution in [0.3, 0.4) is 0 Å². The Labute approximate surface area is 206 Å². The fourth-order valence-corrected chi connectivity index (χ4v) is 4.25. The Morgan fingerprint density at radius 3 is 2.56 bits per heavy atom.